The maximum absolute atomic E-state index is 11.5. The van der Waals surface area contributed by atoms with Crippen molar-refractivity contribution in [1.29, 1.82) is 0 Å². The molecule has 1 aliphatic rings. The molecule has 0 aliphatic carbocycles. The Hall–Kier alpha value is -2.11. The SMILES string of the molecule is CC.CCc1ncc(NC2CCC(=O)NC2=O)cc1O. The second-order valence-corrected chi connectivity index (χ2v) is 4.19. The Balaban J connectivity index is 0.000000956. The van der Waals surface area contributed by atoms with Crippen LogP contribution >= 0.6 is 0 Å². The number of pyridine rings is 1. The number of hydrogen-bond acceptors (Lipinski definition) is 5. The number of piperidine rings is 1. The molecule has 0 aromatic carbocycles. The lowest BCUT2D eigenvalue weighted by Crippen LogP contribution is -2.47. The Morgan fingerprint density at radius 1 is 1.45 bits per heavy atom. The van der Waals surface area contributed by atoms with Crippen molar-refractivity contribution in [2.45, 2.75) is 46.1 Å². The number of aromatic nitrogens is 1. The van der Waals surface area contributed by atoms with Crippen LogP contribution in [0.4, 0.5) is 5.69 Å². The first-order valence-corrected chi connectivity index (χ1v) is 6.88. The molecule has 1 unspecified atom stereocenters. The zero-order chi connectivity index (χ0) is 15.1. The number of carbonyl (C=O) groups excluding carboxylic acids is 2. The van der Waals surface area contributed by atoms with Gasteiger partial charge in [-0.25, -0.2) is 0 Å². The van der Waals surface area contributed by atoms with Crippen LogP contribution < -0.4 is 10.6 Å². The number of amides is 2. The van der Waals surface area contributed by atoms with Crippen LogP contribution in [0, 0.1) is 0 Å². The Morgan fingerprint density at radius 2 is 2.15 bits per heavy atom. The maximum atomic E-state index is 11.5. The summed E-state index contributed by atoms with van der Waals surface area (Å²) in [6, 6.07) is 1.08. The van der Waals surface area contributed by atoms with Gasteiger partial charge in [0, 0.05) is 12.5 Å². The number of rotatable bonds is 3. The van der Waals surface area contributed by atoms with E-state index in [1.54, 1.807) is 6.20 Å². The number of imide groups is 1. The monoisotopic (exact) mass is 279 g/mol. The van der Waals surface area contributed by atoms with E-state index in [1.165, 1.54) is 6.07 Å². The number of aryl methyl sites for hydroxylation is 1. The van der Waals surface area contributed by atoms with E-state index in [0.717, 1.165) is 0 Å². The molecule has 1 saturated heterocycles. The minimum atomic E-state index is -0.462. The van der Waals surface area contributed by atoms with E-state index < -0.39 is 6.04 Å². The molecule has 3 N–H and O–H groups in total. The predicted molar refractivity (Wildman–Crippen MR) is 76.4 cm³/mol. The van der Waals surface area contributed by atoms with Crippen LogP contribution in [0.2, 0.25) is 0 Å². The average Bonchev–Trinajstić information content (AvgIpc) is 2.44. The Bertz CT molecular complexity index is 489. The molecule has 1 fully saturated rings. The first-order chi connectivity index (χ1) is 9.60. The summed E-state index contributed by atoms with van der Waals surface area (Å²) in [7, 11) is 0. The van der Waals surface area contributed by atoms with Crippen molar-refractivity contribution in [1.82, 2.24) is 10.3 Å². The minimum Gasteiger partial charge on any atom is -0.506 e. The van der Waals surface area contributed by atoms with Gasteiger partial charge in [0.15, 0.2) is 0 Å². The van der Waals surface area contributed by atoms with E-state index >= 15 is 0 Å². The van der Waals surface area contributed by atoms with Gasteiger partial charge < -0.3 is 10.4 Å². The van der Waals surface area contributed by atoms with Crippen molar-refractivity contribution in [2.24, 2.45) is 0 Å². The number of anilines is 1. The van der Waals surface area contributed by atoms with Crippen molar-refractivity contribution in [3.63, 3.8) is 0 Å². The van der Waals surface area contributed by atoms with Crippen LogP contribution in [-0.2, 0) is 16.0 Å². The van der Waals surface area contributed by atoms with Crippen LogP contribution in [0.1, 0.15) is 39.3 Å². The highest BCUT2D eigenvalue weighted by Crippen LogP contribution is 2.21. The summed E-state index contributed by atoms with van der Waals surface area (Å²) in [4.78, 5) is 26.6. The molecule has 0 saturated carbocycles. The van der Waals surface area contributed by atoms with Gasteiger partial charge >= 0.3 is 0 Å². The van der Waals surface area contributed by atoms with Crippen molar-refractivity contribution in [3.8, 4) is 5.75 Å². The van der Waals surface area contributed by atoms with Gasteiger partial charge in [-0.1, -0.05) is 20.8 Å². The average molecular weight is 279 g/mol. The standard InChI is InChI=1S/C12H15N3O3.C2H6/c1-2-8-10(16)5-7(6-13-8)14-9-3-4-11(17)15-12(9)18;1-2/h5-6,9,14,16H,2-4H2,1H3,(H,15,17,18);1-2H3. The second kappa shape index (κ2) is 7.47. The highest BCUT2D eigenvalue weighted by atomic mass is 16.3. The highest BCUT2D eigenvalue weighted by Gasteiger charge is 2.26. The summed E-state index contributed by atoms with van der Waals surface area (Å²) < 4.78 is 0. The predicted octanol–water partition coefficient (Wildman–Crippen LogP) is 1.59. The fourth-order valence-corrected chi connectivity index (χ4v) is 1.87. The largest absolute Gasteiger partial charge is 0.506 e. The van der Waals surface area contributed by atoms with Gasteiger partial charge in [0.1, 0.15) is 11.8 Å². The third kappa shape index (κ3) is 3.94. The molecule has 110 valence electrons. The molecular formula is C14H21N3O3. The molecule has 0 spiro atoms. The number of nitrogens with zero attached hydrogens (tertiary/aromatic N) is 1. The molecule has 1 atom stereocenters. The number of carbonyl (C=O) groups is 2. The summed E-state index contributed by atoms with van der Waals surface area (Å²) >= 11 is 0. The van der Waals surface area contributed by atoms with Crippen molar-refractivity contribution in [2.75, 3.05) is 5.32 Å². The topological polar surface area (TPSA) is 91.3 Å². The molecule has 0 bridgehead atoms. The van der Waals surface area contributed by atoms with Gasteiger partial charge in [0.05, 0.1) is 17.6 Å². The Kier molecular flexibility index (Phi) is 5.96. The normalized spacial score (nSPS) is 17.9. The lowest BCUT2D eigenvalue weighted by atomic mass is 10.1. The Morgan fingerprint density at radius 3 is 2.70 bits per heavy atom. The summed E-state index contributed by atoms with van der Waals surface area (Å²) in [6.07, 6.45) is 2.98. The van der Waals surface area contributed by atoms with E-state index in [-0.39, 0.29) is 17.6 Å². The Labute approximate surface area is 118 Å². The molecule has 2 amide bonds. The van der Waals surface area contributed by atoms with E-state index in [9.17, 15) is 14.7 Å². The molecule has 6 nitrogen and oxygen atoms in total. The van der Waals surface area contributed by atoms with E-state index in [0.29, 0.717) is 30.6 Å². The summed E-state index contributed by atoms with van der Waals surface area (Å²) in [5, 5.41) is 14.9. The smallest absolute Gasteiger partial charge is 0.249 e. The first-order valence-electron chi connectivity index (χ1n) is 6.88. The van der Waals surface area contributed by atoms with Gasteiger partial charge in [-0.3, -0.25) is 19.9 Å². The van der Waals surface area contributed by atoms with Gasteiger partial charge in [-0.15, -0.1) is 0 Å². The van der Waals surface area contributed by atoms with Crippen molar-refractivity contribution < 1.29 is 14.7 Å². The van der Waals surface area contributed by atoms with Crippen molar-refractivity contribution in [3.05, 3.63) is 18.0 Å². The molecule has 1 aliphatic heterocycles. The summed E-state index contributed by atoms with van der Waals surface area (Å²) in [5.74, 6) is -0.486. The molecule has 2 rings (SSSR count). The van der Waals surface area contributed by atoms with Gasteiger partial charge in [0.25, 0.3) is 0 Å². The molecule has 20 heavy (non-hydrogen) atoms. The second-order valence-electron chi connectivity index (χ2n) is 4.19. The molecule has 2 heterocycles. The third-order valence-electron chi connectivity index (χ3n) is 2.86. The zero-order valence-electron chi connectivity index (χ0n) is 12.1. The quantitative estimate of drug-likeness (QED) is 0.731. The van der Waals surface area contributed by atoms with Crippen LogP contribution in [0.15, 0.2) is 12.3 Å². The summed E-state index contributed by atoms with van der Waals surface area (Å²) in [5.41, 5.74) is 1.18. The van der Waals surface area contributed by atoms with Crippen LogP contribution in [0.3, 0.4) is 0 Å². The molecule has 1 aromatic heterocycles. The van der Waals surface area contributed by atoms with E-state index in [2.05, 4.69) is 15.6 Å². The highest BCUT2D eigenvalue weighted by molar-refractivity contribution is 6.01. The number of nitrogens with one attached hydrogen (secondary N) is 2. The van der Waals surface area contributed by atoms with Gasteiger partial charge in [-0.05, 0) is 12.8 Å². The fourth-order valence-electron chi connectivity index (χ4n) is 1.87. The number of hydrogen-bond donors (Lipinski definition) is 3. The molecule has 0 radical (unpaired) electrons. The molecule has 1 aromatic rings. The molecule has 6 heteroatoms. The zero-order valence-corrected chi connectivity index (χ0v) is 12.1. The van der Waals surface area contributed by atoms with Gasteiger partial charge in [0.2, 0.25) is 11.8 Å². The third-order valence-corrected chi connectivity index (χ3v) is 2.86. The summed E-state index contributed by atoms with van der Waals surface area (Å²) in [6.45, 7) is 5.90. The lowest BCUT2D eigenvalue weighted by Gasteiger charge is -2.22. The van der Waals surface area contributed by atoms with Crippen LogP contribution in [0.5, 0.6) is 5.75 Å². The van der Waals surface area contributed by atoms with E-state index in [1.807, 2.05) is 20.8 Å². The van der Waals surface area contributed by atoms with Crippen LogP contribution in [-0.4, -0.2) is 27.9 Å². The first kappa shape index (κ1) is 15.9. The lowest BCUT2D eigenvalue weighted by molar-refractivity contribution is -0.133. The minimum absolute atomic E-state index is 0.106. The van der Waals surface area contributed by atoms with Crippen molar-refractivity contribution >= 4 is 17.5 Å². The van der Waals surface area contributed by atoms with E-state index in [4.69, 9.17) is 0 Å². The number of aromatic hydroxyl groups is 1. The van der Waals surface area contributed by atoms with Gasteiger partial charge in [-0.2, -0.15) is 0 Å². The maximum Gasteiger partial charge on any atom is 0.249 e. The van der Waals surface area contributed by atoms with Crippen LogP contribution in [0.25, 0.3) is 0 Å². The fraction of sp³-hybridized carbons (Fsp3) is 0.500. The molecular weight excluding hydrogens is 258 g/mol.